The number of morpholine rings is 1. The van der Waals surface area contributed by atoms with E-state index >= 15 is 0 Å². The second-order valence-corrected chi connectivity index (χ2v) is 5.59. The molecule has 0 unspecified atom stereocenters. The van der Waals surface area contributed by atoms with Gasteiger partial charge in [-0.25, -0.2) is 9.97 Å². The highest BCUT2D eigenvalue weighted by Crippen LogP contribution is 2.11. The summed E-state index contributed by atoms with van der Waals surface area (Å²) < 4.78 is 5.31. The molecule has 0 aliphatic carbocycles. The van der Waals surface area contributed by atoms with Gasteiger partial charge in [-0.2, -0.15) is 0 Å². The lowest BCUT2D eigenvalue weighted by Gasteiger charge is -2.26. The van der Waals surface area contributed by atoms with E-state index in [9.17, 15) is 4.79 Å². The van der Waals surface area contributed by atoms with Crippen LogP contribution in [0.4, 0.5) is 5.95 Å². The number of hydrogen-bond donors (Lipinski definition) is 1. The fourth-order valence-corrected chi connectivity index (χ4v) is 2.39. The average molecular weight is 333 g/mol. The van der Waals surface area contributed by atoms with Crippen molar-refractivity contribution in [1.82, 2.24) is 15.3 Å². The zero-order valence-electron chi connectivity index (χ0n) is 12.5. The Kier molecular flexibility index (Phi) is 5.05. The summed E-state index contributed by atoms with van der Waals surface area (Å²) in [4.78, 5) is 22.8. The Bertz CT molecular complexity index is 672. The van der Waals surface area contributed by atoms with Crippen molar-refractivity contribution in [3.05, 3.63) is 52.8 Å². The van der Waals surface area contributed by atoms with Gasteiger partial charge in [0.05, 0.1) is 13.2 Å². The molecule has 0 atom stereocenters. The Labute approximate surface area is 139 Å². The first kappa shape index (κ1) is 15.7. The van der Waals surface area contributed by atoms with Gasteiger partial charge in [0.25, 0.3) is 5.91 Å². The Morgan fingerprint density at radius 2 is 1.96 bits per heavy atom. The van der Waals surface area contributed by atoms with Gasteiger partial charge in [-0.3, -0.25) is 4.79 Å². The molecule has 7 heteroatoms. The van der Waals surface area contributed by atoms with E-state index in [4.69, 9.17) is 16.3 Å². The average Bonchev–Trinajstić information content (AvgIpc) is 2.62. The number of rotatable bonds is 4. The van der Waals surface area contributed by atoms with Crippen molar-refractivity contribution in [2.45, 2.75) is 6.54 Å². The molecule has 2 heterocycles. The van der Waals surface area contributed by atoms with Crippen molar-refractivity contribution in [3.63, 3.8) is 0 Å². The standard InChI is InChI=1S/C16H17ClN4O2/c17-13-3-1-12(2-4-13)11-19-15(22)14-5-6-18-16(20-14)21-7-9-23-10-8-21/h1-6H,7-11H2,(H,19,22). The van der Waals surface area contributed by atoms with Crippen LogP contribution in [0.5, 0.6) is 0 Å². The van der Waals surface area contributed by atoms with Crippen molar-refractivity contribution >= 4 is 23.5 Å². The summed E-state index contributed by atoms with van der Waals surface area (Å²) in [6, 6.07) is 8.96. The fourth-order valence-electron chi connectivity index (χ4n) is 2.27. The van der Waals surface area contributed by atoms with Crippen LogP contribution in [0.2, 0.25) is 5.02 Å². The van der Waals surface area contributed by atoms with Crippen LogP contribution in [0.15, 0.2) is 36.5 Å². The Morgan fingerprint density at radius 3 is 2.70 bits per heavy atom. The SMILES string of the molecule is O=C(NCc1ccc(Cl)cc1)c1ccnc(N2CCOCC2)n1. The number of aromatic nitrogens is 2. The Hall–Kier alpha value is -2.18. The van der Waals surface area contributed by atoms with Crippen LogP contribution in [0.3, 0.4) is 0 Å². The maximum atomic E-state index is 12.2. The number of carbonyl (C=O) groups is 1. The van der Waals surface area contributed by atoms with Gasteiger partial charge >= 0.3 is 0 Å². The molecule has 1 saturated heterocycles. The molecule has 1 N–H and O–H groups in total. The smallest absolute Gasteiger partial charge is 0.270 e. The van der Waals surface area contributed by atoms with E-state index in [0.717, 1.165) is 18.7 Å². The molecule has 0 bridgehead atoms. The van der Waals surface area contributed by atoms with Crippen LogP contribution >= 0.6 is 11.6 Å². The van der Waals surface area contributed by atoms with Crippen LogP contribution in [-0.4, -0.2) is 42.2 Å². The van der Waals surface area contributed by atoms with Crippen LogP contribution < -0.4 is 10.2 Å². The molecule has 1 aliphatic heterocycles. The molecule has 1 fully saturated rings. The van der Waals surface area contributed by atoms with Gasteiger partial charge in [0.1, 0.15) is 5.69 Å². The molecule has 1 aromatic carbocycles. The highest BCUT2D eigenvalue weighted by atomic mass is 35.5. The maximum absolute atomic E-state index is 12.2. The van der Waals surface area contributed by atoms with E-state index in [0.29, 0.717) is 36.4 Å². The minimum absolute atomic E-state index is 0.225. The first-order valence-electron chi connectivity index (χ1n) is 7.41. The number of anilines is 1. The van der Waals surface area contributed by atoms with Crippen LogP contribution in [0.25, 0.3) is 0 Å². The third-order valence-electron chi connectivity index (χ3n) is 3.54. The molecule has 0 radical (unpaired) electrons. The van der Waals surface area contributed by atoms with Crippen molar-refractivity contribution in [2.75, 3.05) is 31.2 Å². The van der Waals surface area contributed by atoms with Gasteiger partial charge in [0.2, 0.25) is 5.95 Å². The number of carbonyl (C=O) groups excluding carboxylic acids is 1. The summed E-state index contributed by atoms with van der Waals surface area (Å²) in [7, 11) is 0. The van der Waals surface area contributed by atoms with Crippen molar-refractivity contribution in [2.24, 2.45) is 0 Å². The molecule has 23 heavy (non-hydrogen) atoms. The second-order valence-electron chi connectivity index (χ2n) is 5.15. The van der Waals surface area contributed by atoms with Crippen LogP contribution in [-0.2, 0) is 11.3 Å². The summed E-state index contributed by atoms with van der Waals surface area (Å²) in [6.45, 7) is 3.19. The summed E-state index contributed by atoms with van der Waals surface area (Å²) in [5.41, 5.74) is 1.33. The van der Waals surface area contributed by atoms with Gasteiger partial charge < -0.3 is 15.0 Å². The van der Waals surface area contributed by atoms with Gasteiger partial charge in [0, 0.05) is 30.9 Å². The summed E-state index contributed by atoms with van der Waals surface area (Å²) in [6.07, 6.45) is 1.61. The predicted molar refractivity (Wildman–Crippen MR) is 87.7 cm³/mol. The molecule has 0 saturated carbocycles. The maximum Gasteiger partial charge on any atom is 0.270 e. The van der Waals surface area contributed by atoms with Gasteiger partial charge in [-0.15, -0.1) is 0 Å². The lowest BCUT2D eigenvalue weighted by molar-refractivity contribution is 0.0945. The summed E-state index contributed by atoms with van der Waals surface area (Å²) in [5.74, 6) is 0.337. The van der Waals surface area contributed by atoms with Crippen molar-refractivity contribution < 1.29 is 9.53 Å². The molecule has 1 aromatic heterocycles. The molecular formula is C16H17ClN4O2. The molecule has 1 amide bonds. The number of nitrogens with one attached hydrogen (secondary N) is 1. The van der Waals surface area contributed by atoms with E-state index in [2.05, 4.69) is 15.3 Å². The molecule has 3 rings (SSSR count). The van der Waals surface area contributed by atoms with Crippen LogP contribution in [0.1, 0.15) is 16.1 Å². The highest BCUT2D eigenvalue weighted by Gasteiger charge is 2.16. The lowest BCUT2D eigenvalue weighted by atomic mass is 10.2. The van der Waals surface area contributed by atoms with Crippen LogP contribution in [0, 0.1) is 0 Å². The first-order chi connectivity index (χ1) is 11.2. The second kappa shape index (κ2) is 7.39. The Balaban J connectivity index is 1.63. The van der Waals surface area contributed by atoms with E-state index in [1.54, 1.807) is 24.4 Å². The number of ether oxygens (including phenoxy) is 1. The molecule has 0 spiro atoms. The molecule has 6 nitrogen and oxygen atoms in total. The molecule has 2 aromatic rings. The highest BCUT2D eigenvalue weighted by molar-refractivity contribution is 6.30. The first-order valence-corrected chi connectivity index (χ1v) is 7.78. The van der Waals surface area contributed by atoms with Gasteiger partial charge in [0.15, 0.2) is 0 Å². The van der Waals surface area contributed by atoms with E-state index < -0.39 is 0 Å². The summed E-state index contributed by atoms with van der Waals surface area (Å²) >= 11 is 5.84. The molecule has 120 valence electrons. The summed E-state index contributed by atoms with van der Waals surface area (Å²) in [5, 5.41) is 3.52. The largest absolute Gasteiger partial charge is 0.378 e. The number of halogens is 1. The van der Waals surface area contributed by atoms with Gasteiger partial charge in [-0.1, -0.05) is 23.7 Å². The topological polar surface area (TPSA) is 67.4 Å². The Morgan fingerprint density at radius 1 is 1.22 bits per heavy atom. The molecule has 1 aliphatic rings. The van der Waals surface area contributed by atoms with Crippen molar-refractivity contribution in [1.29, 1.82) is 0 Å². The quantitative estimate of drug-likeness (QED) is 0.926. The third-order valence-corrected chi connectivity index (χ3v) is 3.79. The fraction of sp³-hybridized carbons (Fsp3) is 0.312. The molecular weight excluding hydrogens is 316 g/mol. The zero-order valence-corrected chi connectivity index (χ0v) is 13.3. The van der Waals surface area contributed by atoms with E-state index in [1.807, 2.05) is 17.0 Å². The normalized spacial score (nSPS) is 14.6. The number of hydrogen-bond acceptors (Lipinski definition) is 5. The van der Waals surface area contributed by atoms with Crippen molar-refractivity contribution in [3.8, 4) is 0 Å². The number of amides is 1. The minimum Gasteiger partial charge on any atom is -0.378 e. The van der Waals surface area contributed by atoms with E-state index in [1.165, 1.54) is 0 Å². The number of benzene rings is 1. The number of nitrogens with zero attached hydrogens (tertiary/aromatic N) is 3. The van der Waals surface area contributed by atoms with Gasteiger partial charge in [-0.05, 0) is 23.8 Å². The minimum atomic E-state index is -0.225. The predicted octanol–water partition coefficient (Wildman–Crippen LogP) is 1.90. The zero-order chi connectivity index (χ0) is 16.1. The van der Waals surface area contributed by atoms with E-state index in [-0.39, 0.29) is 5.91 Å². The lowest BCUT2D eigenvalue weighted by Crippen LogP contribution is -2.37. The third kappa shape index (κ3) is 4.18. The monoisotopic (exact) mass is 332 g/mol.